The lowest BCUT2D eigenvalue weighted by Gasteiger charge is -2.31. The van der Waals surface area contributed by atoms with Crippen molar-refractivity contribution in [2.75, 3.05) is 6.79 Å². The molecule has 0 aromatic rings. The Kier molecular flexibility index (Phi) is 4.76. The molecule has 2 heterocycles. The highest BCUT2D eigenvalue weighted by atomic mass is 16.7. The van der Waals surface area contributed by atoms with Crippen LogP contribution in [0.15, 0.2) is 0 Å². The van der Waals surface area contributed by atoms with Crippen molar-refractivity contribution in [3.8, 4) is 0 Å². The fourth-order valence-corrected chi connectivity index (χ4v) is 5.19. The molecule has 23 heavy (non-hydrogen) atoms. The van der Waals surface area contributed by atoms with Crippen molar-refractivity contribution in [1.82, 2.24) is 0 Å². The molecule has 2 saturated heterocycles. The lowest BCUT2D eigenvalue weighted by atomic mass is 9.71. The van der Waals surface area contributed by atoms with Crippen molar-refractivity contribution < 1.29 is 19.0 Å². The van der Waals surface area contributed by atoms with E-state index in [0.29, 0.717) is 17.8 Å². The summed E-state index contributed by atoms with van der Waals surface area (Å²) in [5, 5.41) is 0. The fourth-order valence-electron chi connectivity index (χ4n) is 5.19. The summed E-state index contributed by atoms with van der Waals surface area (Å²) < 4.78 is 17.1. The maximum Gasteiger partial charge on any atom is 0.313 e. The summed E-state index contributed by atoms with van der Waals surface area (Å²) in [5.41, 5.74) is -0.288. The Balaban J connectivity index is 1.62. The van der Waals surface area contributed by atoms with Crippen molar-refractivity contribution in [2.45, 2.75) is 78.1 Å². The Morgan fingerprint density at radius 3 is 2.35 bits per heavy atom. The Labute approximate surface area is 140 Å². The molecule has 4 heteroatoms. The average Bonchev–Trinajstić information content (AvgIpc) is 3.15. The van der Waals surface area contributed by atoms with Crippen molar-refractivity contribution >= 4 is 5.97 Å². The summed E-state index contributed by atoms with van der Waals surface area (Å²) in [6.45, 7) is 10.5. The SMILES string of the molecule is CCC1CC(CC)C2C3OC(CC3C(=O)OCOC(C)(C)C)C12. The van der Waals surface area contributed by atoms with E-state index < -0.39 is 0 Å². The zero-order valence-electron chi connectivity index (χ0n) is 15.2. The summed E-state index contributed by atoms with van der Waals surface area (Å²) in [5.74, 6) is 2.50. The Morgan fingerprint density at radius 1 is 1.09 bits per heavy atom. The first kappa shape index (κ1) is 17.2. The second-order valence-corrected chi connectivity index (χ2v) is 8.55. The quantitative estimate of drug-likeness (QED) is 0.570. The molecular weight excluding hydrogens is 292 g/mol. The Hall–Kier alpha value is -0.610. The predicted octanol–water partition coefficient (Wildman–Crippen LogP) is 3.78. The van der Waals surface area contributed by atoms with Crippen LogP contribution in [0.25, 0.3) is 0 Å². The summed E-state index contributed by atoms with van der Waals surface area (Å²) in [4.78, 5) is 12.5. The van der Waals surface area contributed by atoms with Gasteiger partial charge in [0.2, 0.25) is 0 Å². The molecule has 0 spiro atoms. The highest BCUT2D eigenvalue weighted by Gasteiger charge is 2.62. The van der Waals surface area contributed by atoms with Crippen molar-refractivity contribution in [2.24, 2.45) is 29.6 Å². The molecule has 2 bridgehead atoms. The average molecular weight is 324 g/mol. The van der Waals surface area contributed by atoms with Gasteiger partial charge in [0.15, 0.2) is 6.79 Å². The lowest BCUT2D eigenvalue weighted by molar-refractivity contribution is -0.174. The zero-order chi connectivity index (χ0) is 16.8. The molecule has 3 aliphatic rings. The molecule has 0 aromatic heterocycles. The van der Waals surface area contributed by atoms with E-state index in [1.165, 1.54) is 19.3 Å². The lowest BCUT2D eigenvalue weighted by Crippen LogP contribution is -2.39. The van der Waals surface area contributed by atoms with Gasteiger partial charge in [0, 0.05) is 0 Å². The van der Waals surface area contributed by atoms with E-state index >= 15 is 0 Å². The van der Waals surface area contributed by atoms with Gasteiger partial charge in [-0.05, 0) is 57.3 Å². The van der Waals surface area contributed by atoms with Gasteiger partial charge < -0.3 is 14.2 Å². The van der Waals surface area contributed by atoms with Crippen molar-refractivity contribution in [3.63, 3.8) is 0 Å². The van der Waals surface area contributed by atoms with Crippen LogP contribution in [0.3, 0.4) is 0 Å². The molecule has 3 rings (SSSR count). The molecule has 1 aliphatic carbocycles. The first-order valence-electron chi connectivity index (χ1n) is 9.31. The van der Waals surface area contributed by atoms with Crippen LogP contribution in [0, 0.1) is 29.6 Å². The van der Waals surface area contributed by atoms with Crippen LogP contribution < -0.4 is 0 Å². The molecule has 7 unspecified atom stereocenters. The number of ether oxygens (including phenoxy) is 3. The van der Waals surface area contributed by atoms with Crippen LogP contribution in [0.1, 0.15) is 60.3 Å². The Bertz CT molecular complexity index is 441. The van der Waals surface area contributed by atoms with Gasteiger partial charge >= 0.3 is 5.97 Å². The van der Waals surface area contributed by atoms with Gasteiger partial charge in [-0.15, -0.1) is 0 Å². The van der Waals surface area contributed by atoms with E-state index in [0.717, 1.165) is 12.3 Å². The van der Waals surface area contributed by atoms with E-state index in [9.17, 15) is 4.79 Å². The molecule has 0 radical (unpaired) electrons. The molecular formula is C19H32O4. The third-order valence-electron chi connectivity index (χ3n) is 6.21. The molecule has 132 valence electrons. The molecule has 4 nitrogen and oxygen atoms in total. The first-order chi connectivity index (χ1) is 10.9. The minimum absolute atomic E-state index is 0.0408. The van der Waals surface area contributed by atoms with Crippen LogP contribution in [-0.2, 0) is 19.0 Å². The van der Waals surface area contributed by atoms with Crippen LogP contribution in [0.5, 0.6) is 0 Å². The standard InChI is InChI=1S/C19H32O4/c1-6-11-8-12(7-2)16-15(11)14-9-13(17(16)23-14)18(20)21-10-22-19(3,4)5/h11-17H,6-10H2,1-5H3. The van der Waals surface area contributed by atoms with Gasteiger partial charge in [-0.1, -0.05) is 26.7 Å². The largest absolute Gasteiger partial charge is 0.438 e. The third-order valence-corrected chi connectivity index (χ3v) is 6.21. The summed E-state index contributed by atoms with van der Waals surface area (Å²) >= 11 is 0. The maximum atomic E-state index is 12.5. The number of hydrogen-bond acceptors (Lipinski definition) is 4. The summed E-state index contributed by atoms with van der Waals surface area (Å²) in [6.07, 6.45) is 4.93. The molecule has 0 N–H and O–H groups in total. The number of hydrogen-bond donors (Lipinski definition) is 0. The van der Waals surface area contributed by atoms with Gasteiger partial charge in [-0.3, -0.25) is 4.79 Å². The minimum atomic E-state index is -0.288. The minimum Gasteiger partial charge on any atom is -0.438 e. The molecule has 2 aliphatic heterocycles. The van der Waals surface area contributed by atoms with Crippen LogP contribution >= 0.6 is 0 Å². The monoisotopic (exact) mass is 324 g/mol. The predicted molar refractivity (Wildman–Crippen MR) is 87.7 cm³/mol. The number of carbonyl (C=O) groups is 1. The highest BCUT2D eigenvalue weighted by molar-refractivity contribution is 5.74. The van der Waals surface area contributed by atoms with Gasteiger partial charge in [0.25, 0.3) is 0 Å². The third kappa shape index (κ3) is 3.17. The van der Waals surface area contributed by atoms with Crippen molar-refractivity contribution in [1.29, 1.82) is 0 Å². The fraction of sp³-hybridized carbons (Fsp3) is 0.947. The smallest absolute Gasteiger partial charge is 0.313 e. The van der Waals surface area contributed by atoms with Crippen molar-refractivity contribution in [3.05, 3.63) is 0 Å². The van der Waals surface area contributed by atoms with E-state index in [1.54, 1.807) is 0 Å². The Morgan fingerprint density at radius 2 is 1.74 bits per heavy atom. The number of rotatable bonds is 5. The van der Waals surface area contributed by atoms with Gasteiger partial charge in [0.1, 0.15) is 0 Å². The molecule has 3 fully saturated rings. The summed E-state index contributed by atoms with van der Waals surface area (Å²) in [7, 11) is 0. The second-order valence-electron chi connectivity index (χ2n) is 8.55. The molecule has 7 atom stereocenters. The topological polar surface area (TPSA) is 44.8 Å². The van der Waals surface area contributed by atoms with Crippen LogP contribution in [0.4, 0.5) is 0 Å². The number of esters is 1. The first-order valence-corrected chi connectivity index (χ1v) is 9.31. The van der Waals surface area contributed by atoms with Gasteiger partial charge in [-0.2, -0.15) is 0 Å². The van der Waals surface area contributed by atoms with E-state index in [4.69, 9.17) is 14.2 Å². The second kappa shape index (κ2) is 6.36. The number of carbonyl (C=O) groups excluding carboxylic acids is 1. The van der Waals surface area contributed by atoms with E-state index in [1.807, 2.05) is 20.8 Å². The zero-order valence-corrected chi connectivity index (χ0v) is 15.2. The molecule has 1 saturated carbocycles. The summed E-state index contributed by atoms with van der Waals surface area (Å²) in [6, 6.07) is 0. The van der Waals surface area contributed by atoms with Gasteiger partial charge in [0.05, 0.1) is 23.7 Å². The number of fused-ring (bicyclic) bond motifs is 5. The van der Waals surface area contributed by atoms with Gasteiger partial charge in [-0.25, -0.2) is 0 Å². The molecule has 0 amide bonds. The molecule has 0 aromatic carbocycles. The normalized spacial score (nSPS) is 42.0. The van der Waals surface area contributed by atoms with Crippen LogP contribution in [-0.4, -0.2) is 30.6 Å². The van der Waals surface area contributed by atoms with E-state index in [-0.39, 0.29) is 36.5 Å². The van der Waals surface area contributed by atoms with E-state index in [2.05, 4.69) is 13.8 Å². The maximum absolute atomic E-state index is 12.5. The van der Waals surface area contributed by atoms with Crippen LogP contribution in [0.2, 0.25) is 0 Å². The highest BCUT2D eigenvalue weighted by Crippen LogP contribution is 2.59.